The van der Waals surface area contributed by atoms with Gasteiger partial charge in [-0.05, 0) is 51.0 Å². The van der Waals surface area contributed by atoms with Crippen LogP contribution >= 0.6 is 0 Å². The summed E-state index contributed by atoms with van der Waals surface area (Å²) < 4.78 is 0. The number of nitrogens with zero attached hydrogens (tertiary/aromatic N) is 3. The third kappa shape index (κ3) is 6.66. The number of hydrogen-bond donors (Lipinski definition) is 1. The van der Waals surface area contributed by atoms with Crippen LogP contribution in [0.3, 0.4) is 0 Å². The highest BCUT2D eigenvalue weighted by Crippen LogP contribution is 2.39. The summed E-state index contributed by atoms with van der Waals surface area (Å²) in [6, 6.07) is 4.64. The molecular formula is C25H43BN4. The number of piperidine rings is 1. The lowest BCUT2D eigenvalue weighted by Crippen LogP contribution is -2.43. The summed E-state index contributed by atoms with van der Waals surface area (Å²) in [5, 5.41) is 12.4. The topological polar surface area (TPSA) is 52.0 Å². The molecule has 0 spiro atoms. The van der Waals surface area contributed by atoms with Gasteiger partial charge in [-0.2, -0.15) is 0 Å². The Morgan fingerprint density at radius 1 is 1.20 bits per heavy atom. The molecule has 0 aliphatic carbocycles. The van der Waals surface area contributed by atoms with Crippen molar-refractivity contribution in [1.82, 2.24) is 10.3 Å². The molecule has 1 aromatic rings. The van der Waals surface area contributed by atoms with Gasteiger partial charge in [-0.3, -0.25) is 0 Å². The van der Waals surface area contributed by atoms with E-state index >= 15 is 0 Å². The molecule has 1 N–H and O–H groups in total. The van der Waals surface area contributed by atoms with Crippen LogP contribution in [0.1, 0.15) is 73.8 Å². The fourth-order valence-corrected chi connectivity index (χ4v) is 3.80. The second-order valence-corrected chi connectivity index (χ2v) is 7.34. The zero-order valence-electron chi connectivity index (χ0n) is 20.7. The van der Waals surface area contributed by atoms with Crippen LogP contribution in [-0.2, 0) is 5.41 Å². The molecule has 3 rings (SSSR count). The van der Waals surface area contributed by atoms with Crippen molar-refractivity contribution >= 4 is 12.5 Å². The smallest absolute Gasteiger partial charge is 0.271 e. The van der Waals surface area contributed by atoms with Crippen LogP contribution in [-0.4, -0.2) is 24.3 Å². The summed E-state index contributed by atoms with van der Waals surface area (Å²) in [6.45, 7) is 25.7. The molecule has 2 unspecified atom stereocenters. The maximum Gasteiger partial charge on any atom is 0.271 e. The highest BCUT2D eigenvalue weighted by Gasteiger charge is 2.34. The van der Waals surface area contributed by atoms with Crippen molar-refractivity contribution in [2.75, 3.05) is 11.4 Å². The van der Waals surface area contributed by atoms with Crippen molar-refractivity contribution in [1.29, 1.82) is 5.26 Å². The molecule has 0 aromatic carbocycles. The predicted octanol–water partition coefficient (Wildman–Crippen LogP) is 6.59. The zero-order valence-corrected chi connectivity index (χ0v) is 20.7. The molecule has 0 radical (unpaired) electrons. The Labute approximate surface area is 186 Å². The van der Waals surface area contributed by atoms with Gasteiger partial charge in [0.05, 0.1) is 0 Å². The number of nitrogens with one attached hydrogen (secondary N) is 1. The summed E-state index contributed by atoms with van der Waals surface area (Å²) >= 11 is 0. The lowest BCUT2D eigenvalue weighted by Gasteiger charge is -2.39. The van der Waals surface area contributed by atoms with Gasteiger partial charge in [0.1, 0.15) is 5.82 Å². The van der Waals surface area contributed by atoms with Crippen LogP contribution in [0.5, 0.6) is 0 Å². The highest BCUT2D eigenvalue weighted by atomic mass is 15.2. The Balaban J connectivity index is 0.00000129. The molecule has 2 aliphatic heterocycles. The van der Waals surface area contributed by atoms with E-state index in [0.29, 0.717) is 6.04 Å². The number of aromatic nitrogens is 1. The van der Waals surface area contributed by atoms with Gasteiger partial charge in [-0.1, -0.05) is 60.8 Å². The Bertz CT molecular complexity index is 692. The molecular weight excluding hydrogens is 367 g/mol. The molecule has 0 saturated carbocycles. The zero-order chi connectivity index (χ0) is 23.3. The maximum absolute atomic E-state index is 9.11. The summed E-state index contributed by atoms with van der Waals surface area (Å²) in [5.74, 6) is 3.41. The first kappa shape index (κ1) is 27.8. The summed E-state index contributed by atoms with van der Waals surface area (Å²) in [7, 11) is 0. The van der Waals surface area contributed by atoms with Crippen LogP contribution in [0.25, 0.3) is 0 Å². The van der Waals surface area contributed by atoms with E-state index in [1.807, 2.05) is 47.7 Å². The monoisotopic (exact) mass is 410 g/mol. The number of pyridine rings is 1. The Morgan fingerprint density at radius 2 is 1.83 bits per heavy atom. The van der Waals surface area contributed by atoms with Gasteiger partial charge in [0.2, 0.25) is 0 Å². The third-order valence-corrected chi connectivity index (χ3v) is 5.66. The predicted molar refractivity (Wildman–Crippen MR) is 134 cm³/mol. The second kappa shape index (κ2) is 13.9. The minimum Gasteiger partial charge on any atom is -0.363 e. The van der Waals surface area contributed by atoms with Crippen LogP contribution in [0.2, 0.25) is 12.6 Å². The lowest BCUT2D eigenvalue weighted by molar-refractivity contribution is 0.441. The number of nitriles is 1. The first-order valence-electron chi connectivity index (χ1n) is 11.7. The minimum absolute atomic E-state index is 0.105. The molecule has 4 nitrogen and oxygen atoms in total. The first-order valence-corrected chi connectivity index (χ1v) is 11.7. The molecule has 2 saturated heterocycles. The van der Waals surface area contributed by atoms with E-state index in [-0.39, 0.29) is 12.1 Å². The standard InChI is InChI=1S/C19H25BN4.3C2H6/c1-14-7-8-19(4,16(3)23-14)17-5-6-18(22-12-17)24-10-9-20(13-21)11-15(24)2;3*1-2/h5-6,12,15,23H,1,3,7-11H2,2,4H3;3*1-2H3. The molecule has 2 fully saturated rings. The Morgan fingerprint density at radius 3 is 2.30 bits per heavy atom. The molecule has 0 bridgehead atoms. The molecule has 2 atom stereocenters. The second-order valence-electron chi connectivity index (χ2n) is 7.34. The molecule has 166 valence electrons. The van der Waals surface area contributed by atoms with Crippen molar-refractivity contribution < 1.29 is 0 Å². The van der Waals surface area contributed by atoms with Crippen molar-refractivity contribution in [2.45, 2.75) is 92.3 Å². The number of hydrogen-bond acceptors (Lipinski definition) is 4. The van der Waals surface area contributed by atoms with E-state index < -0.39 is 0 Å². The normalized spacial score (nSPS) is 22.7. The summed E-state index contributed by atoms with van der Waals surface area (Å²) in [4.78, 5) is 7.04. The van der Waals surface area contributed by atoms with Crippen molar-refractivity contribution in [2.24, 2.45) is 0 Å². The van der Waals surface area contributed by atoms with E-state index in [2.05, 4.69) is 55.3 Å². The quantitative estimate of drug-likeness (QED) is 0.559. The Hall–Kier alpha value is -2.22. The largest absolute Gasteiger partial charge is 0.363 e. The molecule has 2 aliphatic rings. The van der Waals surface area contributed by atoms with Gasteiger partial charge < -0.3 is 10.2 Å². The summed E-state index contributed by atoms with van der Waals surface area (Å²) in [5.41, 5.74) is 3.12. The number of allylic oxidation sites excluding steroid dienone is 2. The van der Waals surface area contributed by atoms with Crippen LogP contribution in [0.15, 0.2) is 42.9 Å². The number of anilines is 1. The van der Waals surface area contributed by atoms with Gasteiger partial charge in [0, 0.05) is 41.6 Å². The average Bonchev–Trinajstić information content (AvgIpc) is 2.80. The molecule has 3 heterocycles. The van der Waals surface area contributed by atoms with E-state index in [9.17, 15) is 0 Å². The average molecular weight is 410 g/mol. The minimum atomic E-state index is -0.105. The van der Waals surface area contributed by atoms with Crippen molar-refractivity contribution in [3.63, 3.8) is 0 Å². The van der Waals surface area contributed by atoms with Gasteiger partial charge in [0.15, 0.2) is 0 Å². The first-order chi connectivity index (χ1) is 14.4. The van der Waals surface area contributed by atoms with Gasteiger partial charge in [0.25, 0.3) is 6.71 Å². The van der Waals surface area contributed by atoms with E-state index in [1.165, 1.54) is 5.56 Å². The Kier molecular flexibility index (Phi) is 12.9. The van der Waals surface area contributed by atoms with Crippen molar-refractivity contribution in [3.8, 4) is 5.97 Å². The van der Waals surface area contributed by atoms with Gasteiger partial charge in [-0.25, -0.2) is 10.2 Å². The molecule has 5 heteroatoms. The fourth-order valence-electron chi connectivity index (χ4n) is 3.80. The SMILES string of the molecule is C=C1CCC(C)(c2ccc(N3CCB(C#N)CC3C)nc2)C(=C)N1.CC.CC.CC. The summed E-state index contributed by atoms with van der Waals surface area (Å²) in [6.07, 6.45) is 5.78. The van der Waals surface area contributed by atoms with Gasteiger partial charge in [-0.15, -0.1) is 0 Å². The fraction of sp³-hybridized carbons (Fsp3) is 0.600. The number of rotatable bonds is 2. The molecule has 0 amide bonds. The molecule has 30 heavy (non-hydrogen) atoms. The van der Waals surface area contributed by atoms with Crippen molar-refractivity contribution in [3.05, 3.63) is 48.4 Å². The third-order valence-electron chi connectivity index (χ3n) is 5.66. The van der Waals surface area contributed by atoms with Crippen LogP contribution in [0.4, 0.5) is 5.82 Å². The highest BCUT2D eigenvalue weighted by molar-refractivity contribution is 6.67. The van der Waals surface area contributed by atoms with E-state index in [0.717, 1.165) is 49.2 Å². The van der Waals surface area contributed by atoms with Crippen LogP contribution in [0, 0.1) is 11.2 Å². The lowest BCUT2D eigenvalue weighted by atomic mass is 9.44. The van der Waals surface area contributed by atoms with E-state index in [1.54, 1.807) is 0 Å². The maximum atomic E-state index is 9.11. The van der Waals surface area contributed by atoms with E-state index in [4.69, 9.17) is 10.2 Å². The van der Waals surface area contributed by atoms with Crippen LogP contribution < -0.4 is 10.2 Å². The van der Waals surface area contributed by atoms with Gasteiger partial charge >= 0.3 is 0 Å². The molecule has 1 aromatic heterocycles.